The number of nitrogens with two attached hydrogens (primary N) is 1. The predicted molar refractivity (Wildman–Crippen MR) is 132 cm³/mol. The van der Waals surface area contributed by atoms with Crippen molar-refractivity contribution in [1.82, 2.24) is 0 Å². The van der Waals surface area contributed by atoms with E-state index in [4.69, 9.17) is 24.3 Å². The maximum absolute atomic E-state index is 12.0. The van der Waals surface area contributed by atoms with Crippen LogP contribution in [-0.4, -0.2) is 49.9 Å². The van der Waals surface area contributed by atoms with Gasteiger partial charge in [0.15, 0.2) is 0 Å². The van der Waals surface area contributed by atoms with Crippen LogP contribution in [0.5, 0.6) is 0 Å². The van der Waals surface area contributed by atoms with Crippen molar-refractivity contribution < 1.29 is 32.8 Å². The Bertz CT molecular complexity index is 493. The van der Waals surface area contributed by atoms with E-state index in [0.29, 0.717) is 13.0 Å². The molecule has 0 aromatic carbocycles. The molecule has 0 aliphatic rings. The van der Waals surface area contributed by atoms with E-state index in [-0.39, 0.29) is 32.3 Å². The van der Waals surface area contributed by atoms with Crippen LogP contribution in [0.25, 0.3) is 0 Å². The van der Waals surface area contributed by atoms with Gasteiger partial charge in [-0.1, -0.05) is 90.9 Å². The minimum Gasteiger partial charge on any atom is -0.457 e. The SMILES string of the molecule is CCCCCCCCCCCCCOCC(COP(=O)(O)OCCN)OC(=O)CCCCC. The zero-order valence-electron chi connectivity index (χ0n) is 21.1. The molecule has 0 amide bonds. The summed E-state index contributed by atoms with van der Waals surface area (Å²) in [7, 11) is -4.23. The third kappa shape index (κ3) is 23.0. The molecular weight excluding hydrogens is 445 g/mol. The van der Waals surface area contributed by atoms with Gasteiger partial charge in [-0.05, 0) is 12.8 Å². The van der Waals surface area contributed by atoms with Crippen LogP contribution in [0.4, 0.5) is 0 Å². The molecule has 0 saturated carbocycles. The van der Waals surface area contributed by atoms with Gasteiger partial charge in [0.2, 0.25) is 0 Å². The lowest BCUT2D eigenvalue weighted by atomic mass is 10.1. The Hall–Kier alpha value is -0.500. The maximum atomic E-state index is 12.0. The normalized spacial score (nSPS) is 14.2. The number of esters is 1. The third-order valence-corrected chi connectivity index (χ3v) is 6.26. The van der Waals surface area contributed by atoms with Crippen molar-refractivity contribution in [2.24, 2.45) is 5.73 Å². The van der Waals surface area contributed by atoms with Crippen LogP contribution < -0.4 is 5.73 Å². The molecule has 0 aliphatic carbocycles. The molecular formula is C24H50NO7P. The summed E-state index contributed by atoms with van der Waals surface area (Å²) in [5.74, 6) is -0.356. The van der Waals surface area contributed by atoms with Gasteiger partial charge < -0.3 is 20.1 Å². The molecule has 0 aromatic rings. The standard InChI is InChI=1S/C24H50NO7P/c1-3-5-7-8-9-10-11-12-13-14-16-19-29-21-23(32-24(26)17-15-6-4-2)22-31-33(27,28)30-20-18-25/h23H,3-22,25H2,1-2H3,(H,27,28). The van der Waals surface area contributed by atoms with E-state index in [9.17, 15) is 14.3 Å². The van der Waals surface area contributed by atoms with Gasteiger partial charge in [0.25, 0.3) is 0 Å². The molecule has 2 unspecified atom stereocenters. The zero-order valence-corrected chi connectivity index (χ0v) is 22.0. The summed E-state index contributed by atoms with van der Waals surface area (Å²) < 4.78 is 32.6. The number of carbonyl (C=O) groups is 1. The minimum atomic E-state index is -4.23. The lowest BCUT2D eigenvalue weighted by Crippen LogP contribution is -2.28. The summed E-state index contributed by atoms with van der Waals surface area (Å²) in [6, 6.07) is 0. The second-order valence-corrected chi connectivity index (χ2v) is 10.0. The van der Waals surface area contributed by atoms with E-state index in [1.54, 1.807) is 0 Å². The van der Waals surface area contributed by atoms with Crippen LogP contribution in [0.15, 0.2) is 0 Å². The Balaban J connectivity index is 4.05. The summed E-state index contributed by atoms with van der Waals surface area (Å²) in [6.45, 7) is 4.72. The molecule has 3 N–H and O–H groups in total. The number of hydrogen-bond donors (Lipinski definition) is 2. The van der Waals surface area contributed by atoms with Crippen molar-refractivity contribution in [2.75, 3.05) is 33.0 Å². The van der Waals surface area contributed by atoms with Crippen molar-refractivity contribution in [1.29, 1.82) is 0 Å². The smallest absolute Gasteiger partial charge is 0.457 e. The van der Waals surface area contributed by atoms with Crippen LogP contribution in [0, 0.1) is 0 Å². The van der Waals surface area contributed by atoms with Gasteiger partial charge in [-0.25, -0.2) is 4.57 Å². The third-order valence-electron chi connectivity index (χ3n) is 5.27. The average Bonchev–Trinajstić information content (AvgIpc) is 2.79. The summed E-state index contributed by atoms with van der Waals surface area (Å²) in [5, 5.41) is 0. The molecule has 9 heteroatoms. The van der Waals surface area contributed by atoms with Crippen molar-refractivity contribution in [3.8, 4) is 0 Å². The Labute approximate surface area is 201 Å². The average molecular weight is 496 g/mol. The first-order valence-electron chi connectivity index (χ1n) is 13.0. The van der Waals surface area contributed by atoms with Gasteiger partial charge in [-0.2, -0.15) is 0 Å². The highest BCUT2D eigenvalue weighted by Crippen LogP contribution is 2.43. The van der Waals surface area contributed by atoms with Gasteiger partial charge in [-0.15, -0.1) is 0 Å². The van der Waals surface area contributed by atoms with E-state index in [1.807, 2.05) is 0 Å². The molecule has 0 aromatic heterocycles. The molecule has 0 aliphatic heterocycles. The van der Waals surface area contributed by atoms with Crippen molar-refractivity contribution in [3.05, 3.63) is 0 Å². The molecule has 0 heterocycles. The lowest BCUT2D eigenvalue weighted by Gasteiger charge is -2.20. The number of hydrogen-bond acceptors (Lipinski definition) is 7. The second kappa shape index (κ2) is 23.3. The Kier molecular flexibility index (Phi) is 22.9. The summed E-state index contributed by atoms with van der Waals surface area (Å²) in [4.78, 5) is 21.7. The first kappa shape index (κ1) is 32.5. The molecule has 33 heavy (non-hydrogen) atoms. The zero-order chi connectivity index (χ0) is 24.6. The summed E-state index contributed by atoms with van der Waals surface area (Å²) in [5.41, 5.74) is 5.28. The monoisotopic (exact) mass is 495 g/mol. The van der Waals surface area contributed by atoms with E-state index in [1.165, 1.54) is 57.8 Å². The molecule has 0 bridgehead atoms. The Morgan fingerprint density at radius 1 is 0.788 bits per heavy atom. The highest BCUT2D eigenvalue weighted by molar-refractivity contribution is 7.47. The first-order valence-corrected chi connectivity index (χ1v) is 14.5. The number of unbranched alkanes of at least 4 members (excludes halogenated alkanes) is 12. The van der Waals surface area contributed by atoms with Crippen molar-refractivity contribution in [3.63, 3.8) is 0 Å². The van der Waals surface area contributed by atoms with Gasteiger partial charge in [0.1, 0.15) is 6.10 Å². The first-order chi connectivity index (χ1) is 15.9. The number of ether oxygens (including phenoxy) is 2. The van der Waals surface area contributed by atoms with Crippen LogP contribution in [0.3, 0.4) is 0 Å². The maximum Gasteiger partial charge on any atom is 0.472 e. The van der Waals surface area contributed by atoms with Gasteiger partial charge in [0, 0.05) is 19.6 Å². The van der Waals surface area contributed by atoms with Gasteiger partial charge >= 0.3 is 13.8 Å². The van der Waals surface area contributed by atoms with Gasteiger partial charge in [-0.3, -0.25) is 13.8 Å². The molecule has 8 nitrogen and oxygen atoms in total. The van der Waals surface area contributed by atoms with Crippen LogP contribution >= 0.6 is 7.82 Å². The molecule has 0 rings (SSSR count). The van der Waals surface area contributed by atoms with Crippen LogP contribution in [0.2, 0.25) is 0 Å². The van der Waals surface area contributed by atoms with Crippen molar-refractivity contribution >= 4 is 13.8 Å². The fourth-order valence-corrected chi connectivity index (χ4v) is 4.11. The second-order valence-electron chi connectivity index (χ2n) is 8.57. The predicted octanol–water partition coefficient (Wildman–Crippen LogP) is 5.90. The molecule has 2 atom stereocenters. The van der Waals surface area contributed by atoms with E-state index in [2.05, 4.69) is 13.8 Å². The molecule has 0 spiro atoms. The Morgan fingerprint density at radius 2 is 1.33 bits per heavy atom. The topological polar surface area (TPSA) is 117 Å². The lowest BCUT2D eigenvalue weighted by molar-refractivity contribution is -0.154. The van der Waals surface area contributed by atoms with Crippen LogP contribution in [0.1, 0.15) is 110 Å². The molecule has 0 fully saturated rings. The highest BCUT2D eigenvalue weighted by Gasteiger charge is 2.25. The molecule has 198 valence electrons. The highest BCUT2D eigenvalue weighted by atomic mass is 31.2. The van der Waals surface area contributed by atoms with E-state index < -0.39 is 13.9 Å². The summed E-state index contributed by atoms with van der Waals surface area (Å²) >= 11 is 0. The molecule has 0 saturated heterocycles. The number of phosphoric acid groups is 1. The number of carbonyl (C=O) groups excluding carboxylic acids is 1. The fraction of sp³-hybridized carbons (Fsp3) is 0.958. The van der Waals surface area contributed by atoms with Crippen molar-refractivity contribution in [2.45, 2.75) is 116 Å². The van der Waals surface area contributed by atoms with E-state index >= 15 is 0 Å². The largest absolute Gasteiger partial charge is 0.472 e. The number of phosphoric ester groups is 1. The quantitative estimate of drug-likeness (QED) is 0.0913. The minimum absolute atomic E-state index is 0.0927. The number of rotatable bonds is 25. The Morgan fingerprint density at radius 3 is 1.91 bits per heavy atom. The van der Waals surface area contributed by atoms with E-state index in [0.717, 1.165) is 32.1 Å². The fourth-order valence-electron chi connectivity index (χ4n) is 3.35. The molecule has 0 radical (unpaired) electrons. The summed E-state index contributed by atoms with van der Waals surface area (Å²) in [6.07, 6.45) is 16.1. The van der Waals surface area contributed by atoms with Crippen LogP contribution in [-0.2, 0) is 27.9 Å². The van der Waals surface area contributed by atoms with Gasteiger partial charge in [0.05, 0.1) is 19.8 Å².